The van der Waals surface area contributed by atoms with Gasteiger partial charge in [0.25, 0.3) is 0 Å². The number of piperidine rings is 1. The lowest BCUT2D eigenvalue weighted by Crippen LogP contribution is -2.29. The Balaban J connectivity index is 1.73. The van der Waals surface area contributed by atoms with Crippen molar-refractivity contribution in [3.8, 4) is 11.3 Å². The SMILES string of the molecule is CCc1ccccc1Nc1cc(-c2cccnc2)nc([C@@H]2CCCNC2)n1. The summed E-state index contributed by atoms with van der Waals surface area (Å²) in [5.41, 5.74) is 4.30. The molecule has 0 bridgehead atoms. The zero-order chi connectivity index (χ0) is 18.5. The number of rotatable bonds is 5. The fraction of sp³-hybridized carbons (Fsp3) is 0.318. The van der Waals surface area contributed by atoms with Gasteiger partial charge in [-0.3, -0.25) is 4.98 Å². The largest absolute Gasteiger partial charge is 0.340 e. The Morgan fingerprint density at radius 1 is 1.15 bits per heavy atom. The number of pyridine rings is 1. The highest BCUT2D eigenvalue weighted by atomic mass is 15.0. The van der Waals surface area contributed by atoms with E-state index in [2.05, 4.69) is 46.8 Å². The van der Waals surface area contributed by atoms with Crippen LogP contribution in [0.25, 0.3) is 11.3 Å². The number of benzene rings is 1. The number of anilines is 2. The lowest BCUT2D eigenvalue weighted by Gasteiger charge is -2.22. The second-order valence-corrected chi connectivity index (χ2v) is 6.92. The van der Waals surface area contributed by atoms with Gasteiger partial charge in [-0.05, 0) is 49.6 Å². The van der Waals surface area contributed by atoms with Gasteiger partial charge in [-0.1, -0.05) is 25.1 Å². The number of aryl methyl sites for hydroxylation is 1. The average molecular weight is 359 g/mol. The molecule has 5 heteroatoms. The van der Waals surface area contributed by atoms with Gasteiger partial charge in [0.15, 0.2) is 0 Å². The van der Waals surface area contributed by atoms with E-state index >= 15 is 0 Å². The monoisotopic (exact) mass is 359 g/mol. The quantitative estimate of drug-likeness (QED) is 0.711. The Morgan fingerprint density at radius 3 is 2.85 bits per heavy atom. The normalized spacial score (nSPS) is 16.9. The predicted octanol–water partition coefficient (Wildman–Crippen LogP) is 4.31. The van der Waals surface area contributed by atoms with Crippen molar-refractivity contribution in [1.29, 1.82) is 0 Å². The van der Waals surface area contributed by atoms with Gasteiger partial charge in [0.1, 0.15) is 11.6 Å². The Kier molecular flexibility index (Phi) is 5.39. The van der Waals surface area contributed by atoms with E-state index in [0.29, 0.717) is 5.92 Å². The zero-order valence-corrected chi connectivity index (χ0v) is 15.7. The van der Waals surface area contributed by atoms with E-state index in [1.54, 1.807) is 6.20 Å². The van der Waals surface area contributed by atoms with E-state index in [1.165, 1.54) is 5.56 Å². The fourth-order valence-corrected chi connectivity index (χ4v) is 3.54. The maximum Gasteiger partial charge on any atom is 0.135 e. The third-order valence-electron chi connectivity index (χ3n) is 5.02. The number of hydrogen-bond acceptors (Lipinski definition) is 5. The van der Waals surface area contributed by atoms with Crippen LogP contribution in [0.15, 0.2) is 54.9 Å². The Hall–Kier alpha value is -2.79. The minimum atomic E-state index is 0.345. The van der Waals surface area contributed by atoms with Crippen LogP contribution in [-0.4, -0.2) is 28.0 Å². The maximum absolute atomic E-state index is 4.88. The molecule has 1 aliphatic heterocycles. The number of aromatic nitrogens is 3. The zero-order valence-electron chi connectivity index (χ0n) is 15.7. The summed E-state index contributed by atoms with van der Waals surface area (Å²) >= 11 is 0. The van der Waals surface area contributed by atoms with Gasteiger partial charge in [-0.15, -0.1) is 0 Å². The van der Waals surface area contributed by atoms with Gasteiger partial charge < -0.3 is 10.6 Å². The van der Waals surface area contributed by atoms with Crippen LogP contribution >= 0.6 is 0 Å². The summed E-state index contributed by atoms with van der Waals surface area (Å²) < 4.78 is 0. The smallest absolute Gasteiger partial charge is 0.135 e. The van der Waals surface area contributed by atoms with Crippen LogP contribution in [-0.2, 0) is 6.42 Å². The first-order valence-corrected chi connectivity index (χ1v) is 9.68. The summed E-state index contributed by atoms with van der Waals surface area (Å²) in [7, 11) is 0. The molecule has 1 aliphatic rings. The molecule has 1 atom stereocenters. The number of para-hydroxylation sites is 1. The van der Waals surface area contributed by atoms with Gasteiger partial charge in [-0.2, -0.15) is 0 Å². The average Bonchev–Trinajstić information content (AvgIpc) is 2.75. The molecule has 0 spiro atoms. The van der Waals surface area contributed by atoms with Crippen molar-refractivity contribution >= 4 is 11.5 Å². The van der Waals surface area contributed by atoms with Crippen LogP contribution in [0.1, 0.15) is 37.1 Å². The fourth-order valence-electron chi connectivity index (χ4n) is 3.54. The third kappa shape index (κ3) is 4.14. The molecule has 1 fully saturated rings. The lowest BCUT2D eigenvalue weighted by atomic mass is 9.98. The molecule has 0 saturated carbocycles. The van der Waals surface area contributed by atoms with E-state index in [0.717, 1.165) is 60.9 Å². The van der Waals surface area contributed by atoms with Crippen LogP contribution in [0, 0.1) is 0 Å². The summed E-state index contributed by atoms with van der Waals surface area (Å²) in [5, 5.41) is 6.99. The van der Waals surface area contributed by atoms with Gasteiger partial charge in [0.2, 0.25) is 0 Å². The molecular formula is C22H25N5. The Morgan fingerprint density at radius 2 is 2.07 bits per heavy atom. The topological polar surface area (TPSA) is 62.7 Å². The minimum absolute atomic E-state index is 0.345. The first-order valence-electron chi connectivity index (χ1n) is 9.68. The molecule has 0 aliphatic carbocycles. The molecule has 5 nitrogen and oxygen atoms in total. The summed E-state index contributed by atoms with van der Waals surface area (Å²) in [6.45, 7) is 4.18. The number of hydrogen-bond donors (Lipinski definition) is 2. The lowest BCUT2D eigenvalue weighted by molar-refractivity contribution is 0.447. The third-order valence-corrected chi connectivity index (χ3v) is 5.02. The van der Waals surface area contributed by atoms with E-state index in [-0.39, 0.29) is 0 Å². The molecule has 4 rings (SSSR count). The molecule has 3 heterocycles. The van der Waals surface area contributed by atoms with Gasteiger partial charge in [0, 0.05) is 42.2 Å². The van der Waals surface area contributed by atoms with Gasteiger partial charge in [-0.25, -0.2) is 9.97 Å². The highest BCUT2D eigenvalue weighted by Crippen LogP contribution is 2.28. The summed E-state index contributed by atoms with van der Waals surface area (Å²) in [6, 6.07) is 14.4. The molecule has 0 radical (unpaired) electrons. The van der Waals surface area contributed by atoms with Gasteiger partial charge >= 0.3 is 0 Å². The van der Waals surface area contributed by atoms with Crippen LogP contribution in [0.5, 0.6) is 0 Å². The van der Waals surface area contributed by atoms with E-state index < -0.39 is 0 Å². The molecule has 0 unspecified atom stereocenters. The van der Waals surface area contributed by atoms with Crippen molar-refractivity contribution in [1.82, 2.24) is 20.3 Å². The first kappa shape index (κ1) is 17.6. The predicted molar refractivity (Wildman–Crippen MR) is 109 cm³/mol. The van der Waals surface area contributed by atoms with E-state index in [1.807, 2.05) is 24.4 Å². The van der Waals surface area contributed by atoms with Crippen LogP contribution in [0.4, 0.5) is 11.5 Å². The molecule has 3 aromatic rings. The van der Waals surface area contributed by atoms with Crippen molar-refractivity contribution < 1.29 is 0 Å². The highest BCUT2D eigenvalue weighted by molar-refractivity contribution is 5.66. The van der Waals surface area contributed by atoms with Crippen molar-refractivity contribution in [3.05, 3.63) is 66.2 Å². The molecule has 0 amide bonds. The molecule has 1 aromatic carbocycles. The molecule has 1 saturated heterocycles. The molecule has 2 N–H and O–H groups in total. The van der Waals surface area contributed by atoms with Crippen molar-refractivity contribution in [2.75, 3.05) is 18.4 Å². The Bertz CT molecular complexity index is 888. The standard InChI is InChI=1S/C22H25N5/c1-2-16-7-3-4-10-19(16)25-21-13-20(17-8-5-11-23-14-17)26-22(27-21)18-9-6-12-24-15-18/h3-5,7-8,10-11,13-14,18,24H,2,6,9,12,15H2,1H3,(H,25,26,27)/t18-/m1/s1. The van der Waals surface area contributed by atoms with Gasteiger partial charge in [0.05, 0.1) is 5.69 Å². The second-order valence-electron chi connectivity index (χ2n) is 6.92. The molecule has 27 heavy (non-hydrogen) atoms. The number of nitrogens with zero attached hydrogens (tertiary/aromatic N) is 3. The van der Waals surface area contributed by atoms with Crippen LogP contribution in [0.2, 0.25) is 0 Å². The van der Waals surface area contributed by atoms with E-state index in [4.69, 9.17) is 9.97 Å². The van der Waals surface area contributed by atoms with E-state index in [9.17, 15) is 0 Å². The van der Waals surface area contributed by atoms with Crippen molar-refractivity contribution in [2.45, 2.75) is 32.1 Å². The van der Waals surface area contributed by atoms with Crippen molar-refractivity contribution in [2.24, 2.45) is 0 Å². The Labute approximate surface area is 160 Å². The summed E-state index contributed by atoms with van der Waals surface area (Å²) in [4.78, 5) is 14.0. The maximum atomic E-state index is 4.88. The van der Waals surface area contributed by atoms with Crippen molar-refractivity contribution in [3.63, 3.8) is 0 Å². The molecular weight excluding hydrogens is 334 g/mol. The summed E-state index contributed by atoms with van der Waals surface area (Å²) in [5.74, 6) is 2.09. The molecule has 2 aromatic heterocycles. The number of nitrogens with one attached hydrogen (secondary N) is 2. The molecule has 138 valence electrons. The second kappa shape index (κ2) is 8.27. The summed E-state index contributed by atoms with van der Waals surface area (Å²) in [6.07, 6.45) is 6.90. The first-order chi connectivity index (χ1) is 13.3. The van der Waals surface area contributed by atoms with Crippen LogP contribution < -0.4 is 10.6 Å². The van der Waals surface area contributed by atoms with Crippen LogP contribution in [0.3, 0.4) is 0 Å². The minimum Gasteiger partial charge on any atom is -0.340 e. The highest BCUT2D eigenvalue weighted by Gasteiger charge is 2.20.